The van der Waals surface area contributed by atoms with E-state index in [1.165, 1.54) is 50.8 Å². The van der Waals surface area contributed by atoms with Crippen LogP contribution in [0.1, 0.15) is 91.1 Å². The quantitative estimate of drug-likeness (QED) is 0.136. The van der Waals surface area contributed by atoms with Crippen molar-refractivity contribution in [3.05, 3.63) is 249 Å². The Balaban J connectivity index is 0.727. The van der Waals surface area contributed by atoms with Gasteiger partial charge in [0.15, 0.2) is 0 Å². The second-order valence-corrected chi connectivity index (χ2v) is 21.1. The SMILES string of the molecule is CC1(C)C2=C(CCC(c3ccc(C4N=c5ccccc5=NC4c4ccc(-c5ccc6c(c5)C(C)(CC=N)c5cc(-c7nnc(-c8ccccc8)o7)ccc5-6)cc4)cc3)=C2)c2ccc(-c3nnc(-c4ccccc4)o3)cc21. The van der Waals surface area contributed by atoms with Crippen LogP contribution >= 0.6 is 0 Å². The van der Waals surface area contributed by atoms with Gasteiger partial charge < -0.3 is 14.2 Å². The number of hydrogen-bond acceptors (Lipinski definition) is 9. The molecule has 4 aliphatic rings. The third-order valence-corrected chi connectivity index (χ3v) is 16.3. The highest BCUT2D eigenvalue weighted by atomic mass is 16.4. The first-order valence-electron chi connectivity index (χ1n) is 26.1. The number of nitrogens with one attached hydrogen (secondary N) is 1. The maximum atomic E-state index is 8.32. The summed E-state index contributed by atoms with van der Waals surface area (Å²) in [6.45, 7) is 6.91. The minimum absolute atomic E-state index is 0.197. The van der Waals surface area contributed by atoms with Crippen molar-refractivity contribution in [2.75, 3.05) is 0 Å². The first kappa shape index (κ1) is 45.4. The largest absolute Gasteiger partial charge is 0.416 e. The summed E-state index contributed by atoms with van der Waals surface area (Å²) in [5.41, 5.74) is 20.1. The summed E-state index contributed by atoms with van der Waals surface area (Å²) in [5.74, 6) is 2.01. The molecule has 3 aliphatic carbocycles. The van der Waals surface area contributed by atoms with Crippen molar-refractivity contribution in [1.82, 2.24) is 20.4 Å². The van der Waals surface area contributed by atoms with Crippen molar-refractivity contribution in [1.29, 1.82) is 5.41 Å². The standard InChI is InChI=1S/C67H51N7O2/c1-66(2)54-36-46(26-30-50(54)51-32-28-48(38-55(51)66)64-73-71-62(75-64)44-12-6-4-7-13-44)40-18-22-42(23-19-40)60-61(70-59-17-11-10-16-58(59)69-60)43-24-20-41(21-25-43)47-27-31-52-53-33-29-49(39-57(53)67(3,34-35-68)56(52)37-47)65-74-72-63(76-65)45-14-8-5-9-15-45/h4-25,27-29,31-33,35-39,60-61,68H,26,30,34H2,1-3H3. The predicted molar refractivity (Wildman–Crippen MR) is 299 cm³/mol. The van der Waals surface area contributed by atoms with Crippen LogP contribution in [0.3, 0.4) is 0 Å². The second kappa shape index (κ2) is 17.7. The van der Waals surface area contributed by atoms with Crippen molar-refractivity contribution in [3.8, 4) is 68.1 Å². The van der Waals surface area contributed by atoms with Gasteiger partial charge >= 0.3 is 0 Å². The van der Waals surface area contributed by atoms with Crippen LogP contribution in [0.5, 0.6) is 0 Å². The zero-order valence-electron chi connectivity index (χ0n) is 42.3. The van der Waals surface area contributed by atoms with Crippen LogP contribution in [-0.4, -0.2) is 26.6 Å². The summed E-state index contributed by atoms with van der Waals surface area (Å²) >= 11 is 0. The lowest BCUT2D eigenvalue weighted by atomic mass is 9.76. The minimum Gasteiger partial charge on any atom is -0.416 e. The number of hydrogen-bond donors (Lipinski definition) is 1. The zero-order chi connectivity index (χ0) is 51.1. The van der Waals surface area contributed by atoms with Gasteiger partial charge in [0.2, 0.25) is 23.6 Å². The van der Waals surface area contributed by atoms with Crippen LogP contribution in [0.2, 0.25) is 0 Å². The van der Waals surface area contributed by atoms with Crippen molar-refractivity contribution < 1.29 is 8.83 Å². The van der Waals surface area contributed by atoms with E-state index in [9.17, 15) is 0 Å². The summed E-state index contributed by atoms with van der Waals surface area (Å²) in [6, 6.07) is 65.3. The highest BCUT2D eigenvalue weighted by Crippen LogP contribution is 2.54. The summed E-state index contributed by atoms with van der Waals surface area (Å²) < 4.78 is 12.4. The second-order valence-electron chi connectivity index (χ2n) is 21.1. The molecular formula is C67H51N7O2. The van der Waals surface area contributed by atoms with Crippen molar-refractivity contribution in [2.24, 2.45) is 9.98 Å². The third kappa shape index (κ3) is 7.48. The van der Waals surface area contributed by atoms with Crippen molar-refractivity contribution in [3.63, 3.8) is 0 Å². The molecule has 3 atom stereocenters. The maximum absolute atomic E-state index is 8.32. The predicted octanol–water partition coefficient (Wildman–Crippen LogP) is 14.8. The lowest BCUT2D eigenvalue weighted by molar-refractivity contribution is 0.535. The number of para-hydroxylation sites is 2. The van der Waals surface area contributed by atoms with Gasteiger partial charge in [-0.25, -0.2) is 0 Å². The summed E-state index contributed by atoms with van der Waals surface area (Å²) in [6.07, 6.45) is 6.46. The van der Waals surface area contributed by atoms with Crippen LogP contribution in [0, 0.1) is 5.41 Å². The first-order chi connectivity index (χ1) is 37.2. The number of aromatic nitrogens is 4. The van der Waals surface area contributed by atoms with Gasteiger partial charge in [0, 0.05) is 33.1 Å². The van der Waals surface area contributed by atoms with E-state index in [0.29, 0.717) is 30.0 Å². The van der Waals surface area contributed by atoms with Crippen molar-refractivity contribution >= 4 is 17.4 Å². The Morgan fingerprint density at radius 3 is 1.45 bits per heavy atom. The van der Waals surface area contributed by atoms with Gasteiger partial charge in [0.1, 0.15) is 12.1 Å². The van der Waals surface area contributed by atoms with Crippen LogP contribution in [0.15, 0.2) is 219 Å². The Labute approximate surface area is 440 Å². The lowest BCUT2D eigenvalue weighted by Crippen LogP contribution is -2.32. The van der Waals surface area contributed by atoms with Crippen LogP contribution in [-0.2, 0) is 10.8 Å². The Bertz CT molecular complexity index is 4150. The molecule has 0 fully saturated rings. The number of benzene rings is 8. The third-order valence-electron chi connectivity index (χ3n) is 16.3. The van der Waals surface area contributed by atoms with Crippen molar-refractivity contribution in [2.45, 2.75) is 62.9 Å². The molecule has 0 amide bonds. The molecule has 14 rings (SSSR count). The Morgan fingerprint density at radius 2 is 0.908 bits per heavy atom. The molecule has 2 aromatic heterocycles. The molecule has 0 saturated carbocycles. The molecule has 9 nitrogen and oxygen atoms in total. The van der Waals surface area contributed by atoms with E-state index in [0.717, 1.165) is 79.2 Å². The van der Waals surface area contributed by atoms with Crippen LogP contribution in [0.4, 0.5) is 0 Å². The average molecular weight is 986 g/mol. The molecule has 0 radical (unpaired) electrons. The fraction of sp³-hybridized carbons (Fsp3) is 0.149. The number of rotatable bonds is 10. The number of allylic oxidation sites excluding steroid dienone is 4. The van der Waals surface area contributed by atoms with E-state index < -0.39 is 5.41 Å². The van der Waals surface area contributed by atoms with Gasteiger partial charge in [-0.1, -0.05) is 148 Å². The molecule has 3 unspecified atom stereocenters. The monoisotopic (exact) mass is 985 g/mol. The Hall–Kier alpha value is -9.21. The van der Waals surface area contributed by atoms with Crippen LogP contribution in [0.25, 0.3) is 79.2 Å². The highest BCUT2D eigenvalue weighted by molar-refractivity contribution is 5.90. The van der Waals surface area contributed by atoms with Gasteiger partial charge in [-0.2, -0.15) is 0 Å². The fourth-order valence-electron chi connectivity index (χ4n) is 12.2. The smallest absolute Gasteiger partial charge is 0.248 e. The fourth-order valence-corrected chi connectivity index (χ4v) is 12.2. The maximum Gasteiger partial charge on any atom is 0.248 e. The molecule has 8 aromatic carbocycles. The Morgan fingerprint density at radius 1 is 0.461 bits per heavy atom. The number of fused-ring (bicyclic) bond motifs is 6. The molecule has 3 heterocycles. The van der Waals surface area contributed by atoms with Gasteiger partial charge in [-0.3, -0.25) is 9.98 Å². The summed E-state index contributed by atoms with van der Waals surface area (Å²) in [7, 11) is 0. The molecule has 0 bridgehead atoms. The molecule has 366 valence electrons. The van der Waals surface area contributed by atoms with Gasteiger partial charge in [-0.15, -0.1) is 20.4 Å². The minimum atomic E-state index is -0.428. The van der Waals surface area contributed by atoms with Gasteiger partial charge in [0.05, 0.1) is 10.7 Å². The van der Waals surface area contributed by atoms with E-state index in [1.54, 1.807) is 0 Å². The molecular weight excluding hydrogens is 935 g/mol. The van der Waals surface area contributed by atoms with Gasteiger partial charge in [-0.05, 0) is 170 Å². The van der Waals surface area contributed by atoms with Crippen LogP contribution < -0.4 is 10.7 Å². The molecule has 1 aliphatic heterocycles. The van der Waals surface area contributed by atoms with E-state index in [1.807, 2.05) is 72.8 Å². The molecule has 10 aromatic rings. The Kier molecular flexibility index (Phi) is 10.6. The van der Waals surface area contributed by atoms with Gasteiger partial charge in [0.25, 0.3) is 0 Å². The van der Waals surface area contributed by atoms with E-state index >= 15 is 0 Å². The molecule has 0 saturated heterocycles. The molecule has 0 spiro atoms. The highest BCUT2D eigenvalue weighted by Gasteiger charge is 2.41. The summed E-state index contributed by atoms with van der Waals surface area (Å²) in [5, 5.41) is 27.7. The molecule has 1 N–H and O–H groups in total. The first-order valence-corrected chi connectivity index (χ1v) is 26.1. The number of nitrogens with zero attached hydrogens (tertiary/aromatic N) is 6. The normalized spacial score (nSPS) is 18.6. The average Bonchev–Trinajstić information content (AvgIpc) is 4.32. The van der Waals surface area contributed by atoms with E-state index in [2.05, 4.69) is 163 Å². The molecule has 76 heavy (non-hydrogen) atoms. The molecule has 9 heteroatoms. The van der Waals surface area contributed by atoms with E-state index in [4.69, 9.17) is 24.2 Å². The van der Waals surface area contributed by atoms with E-state index in [-0.39, 0.29) is 17.5 Å². The topological polar surface area (TPSA) is 126 Å². The zero-order valence-corrected chi connectivity index (χ0v) is 42.3. The lowest BCUT2D eigenvalue weighted by Gasteiger charge is -2.27. The summed E-state index contributed by atoms with van der Waals surface area (Å²) in [4.78, 5) is 10.8.